The highest BCUT2D eigenvalue weighted by Crippen LogP contribution is 2.29. The van der Waals surface area contributed by atoms with Crippen molar-refractivity contribution in [2.75, 3.05) is 0 Å². The molecule has 3 N–H and O–H groups in total. The Morgan fingerprint density at radius 1 is 1.11 bits per heavy atom. The molecule has 0 bridgehead atoms. The molecule has 19 heavy (non-hydrogen) atoms. The minimum absolute atomic E-state index is 0.0809. The molecular formula is C15H24Cl2N2. The summed E-state index contributed by atoms with van der Waals surface area (Å²) in [6, 6.07) is 5.60. The molecule has 0 aromatic heterocycles. The lowest BCUT2D eigenvalue weighted by Gasteiger charge is -2.18. The zero-order valence-electron chi connectivity index (χ0n) is 11.6. The van der Waals surface area contributed by atoms with Crippen LogP contribution in [-0.2, 0) is 0 Å². The maximum atomic E-state index is 6.20. The Labute approximate surface area is 126 Å². The van der Waals surface area contributed by atoms with Crippen molar-refractivity contribution in [3.63, 3.8) is 0 Å². The van der Waals surface area contributed by atoms with E-state index < -0.39 is 0 Å². The molecule has 1 aromatic carbocycles. The van der Waals surface area contributed by atoms with Gasteiger partial charge in [-0.3, -0.25) is 11.3 Å². The maximum Gasteiger partial charge on any atom is 0.0475 e. The summed E-state index contributed by atoms with van der Waals surface area (Å²) < 4.78 is 0. The van der Waals surface area contributed by atoms with Crippen molar-refractivity contribution in [3.8, 4) is 0 Å². The topological polar surface area (TPSA) is 38.0 Å². The molecule has 1 atom stereocenters. The van der Waals surface area contributed by atoms with Gasteiger partial charge in [0.2, 0.25) is 0 Å². The number of unbranched alkanes of at least 4 members (excludes halogenated alkanes) is 5. The Bertz CT molecular complexity index is 369. The fourth-order valence-electron chi connectivity index (χ4n) is 2.24. The van der Waals surface area contributed by atoms with Crippen LogP contribution in [0.5, 0.6) is 0 Å². The Balaban J connectivity index is 2.42. The molecule has 0 saturated carbocycles. The van der Waals surface area contributed by atoms with Crippen molar-refractivity contribution in [2.45, 2.75) is 57.9 Å². The number of nitrogens with one attached hydrogen (secondary N) is 1. The summed E-state index contributed by atoms with van der Waals surface area (Å²) in [4.78, 5) is 0. The molecule has 0 radical (unpaired) electrons. The predicted octanol–water partition coefficient (Wildman–Crippen LogP) is 5.25. The molecule has 0 saturated heterocycles. The van der Waals surface area contributed by atoms with Crippen LogP contribution in [0, 0.1) is 0 Å². The summed E-state index contributed by atoms with van der Waals surface area (Å²) >= 11 is 12.2. The molecule has 1 aromatic rings. The summed E-state index contributed by atoms with van der Waals surface area (Å²) in [5.41, 5.74) is 3.84. The standard InChI is InChI=1S/C15H24Cl2N2/c1-2-3-4-5-6-7-8-15(19-18)13-11-12(16)9-10-14(13)17/h9-11,15,19H,2-8,18H2,1H3. The van der Waals surface area contributed by atoms with Crippen LogP contribution >= 0.6 is 23.2 Å². The van der Waals surface area contributed by atoms with Gasteiger partial charge in [0.05, 0.1) is 0 Å². The van der Waals surface area contributed by atoms with Crippen LogP contribution in [0.1, 0.15) is 63.5 Å². The lowest BCUT2D eigenvalue weighted by atomic mass is 10.00. The number of rotatable bonds is 9. The molecule has 0 heterocycles. The smallest absolute Gasteiger partial charge is 0.0475 e. The van der Waals surface area contributed by atoms with E-state index in [-0.39, 0.29) is 6.04 Å². The molecule has 0 amide bonds. The second-order valence-corrected chi connectivity index (χ2v) is 5.79. The van der Waals surface area contributed by atoms with E-state index in [0.717, 1.165) is 23.4 Å². The highest BCUT2D eigenvalue weighted by molar-refractivity contribution is 6.33. The highest BCUT2D eigenvalue weighted by Gasteiger charge is 2.13. The molecule has 108 valence electrons. The number of halogens is 2. The molecule has 4 heteroatoms. The van der Waals surface area contributed by atoms with Crippen LogP contribution in [-0.4, -0.2) is 0 Å². The zero-order chi connectivity index (χ0) is 14.1. The van der Waals surface area contributed by atoms with Crippen LogP contribution < -0.4 is 11.3 Å². The van der Waals surface area contributed by atoms with E-state index in [4.69, 9.17) is 29.0 Å². The van der Waals surface area contributed by atoms with E-state index >= 15 is 0 Å². The van der Waals surface area contributed by atoms with Gasteiger partial charge in [-0.05, 0) is 30.2 Å². The third-order valence-electron chi connectivity index (χ3n) is 3.38. The normalized spacial score (nSPS) is 12.6. The van der Waals surface area contributed by atoms with Crippen LogP contribution in [0.4, 0.5) is 0 Å². The largest absolute Gasteiger partial charge is 0.271 e. The summed E-state index contributed by atoms with van der Waals surface area (Å²) in [6.07, 6.45) is 8.63. The maximum absolute atomic E-state index is 6.20. The van der Waals surface area contributed by atoms with E-state index in [1.165, 1.54) is 32.1 Å². The van der Waals surface area contributed by atoms with Gasteiger partial charge >= 0.3 is 0 Å². The van der Waals surface area contributed by atoms with Crippen molar-refractivity contribution in [1.29, 1.82) is 0 Å². The van der Waals surface area contributed by atoms with Crippen LogP contribution in [0.25, 0.3) is 0 Å². The van der Waals surface area contributed by atoms with E-state index in [2.05, 4.69) is 12.3 Å². The van der Waals surface area contributed by atoms with E-state index in [1.807, 2.05) is 12.1 Å². The van der Waals surface area contributed by atoms with Gasteiger partial charge in [-0.15, -0.1) is 0 Å². The fraction of sp³-hybridized carbons (Fsp3) is 0.600. The van der Waals surface area contributed by atoms with Gasteiger partial charge in [-0.1, -0.05) is 68.7 Å². The van der Waals surface area contributed by atoms with Gasteiger partial charge in [0.25, 0.3) is 0 Å². The lowest BCUT2D eigenvalue weighted by Crippen LogP contribution is -2.28. The number of hydrogen-bond donors (Lipinski definition) is 2. The van der Waals surface area contributed by atoms with Gasteiger partial charge in [0, 0.05) is 16.1 Å². The molecule has 0 aliphatic heterocycles. The van der Waals surface area contributed by atoms with E-state index in [1.54, 1.807) is 6.07 Å². The van der Waals surface area contributed by atoms with Crippen molar-refractivity contribution in [1.82, 2.24) is 5.43 Å². The van der Waals surface area contributed by atoms with E-state index in [9.17, 15) is 0 Å². The summed E-state index contributed by atoms with van der Waals surface area (Å²) in [6.45, 7) is 2.23. The van der Waals surface area contributed by atoms with Crippen molar-refractivity contribution >= 4 is 23.2 Å². The number of hydrazine groups is 1. The average molecular weight is 303 g/mol. The Kier molecular flexibility index (Phi) is 8.47. The fourth-order valence-corrected chi connectivity index (χ4v) is 2.67. The molecular weight excluding hydrogens is 279 g/mol. The second-order valence-electron chi connectivity index (χ2n) is 4.94. The minimum atomic E-state index is 0.0809. The first-order valence-corrected chi connectivity index (χ1v) is 7.85. The monoisotopic (exact) mass is 302 g/mol. The zero-order valence-corrected chi connectivity index (χ0v) is 13.1. The van der Waals surface area contributed by atoms with Crippen LogP contribution in [0.2, 0.25) is 10.0 Å². The highest BCUT2D eigenvalue weighted by atomic mass is 35.5. The Morgan fingerprint density at radius 2 is 1.79 bits per heavy atom. The van der Waals surface area contributed by atoms with Gasteiger partial charge in [-0.2, -0.15) is 0 Å². The Hall–Kier alpha value is -0.280. The molecule has 2 nitrogen and oxygen atoms in total. The first-order chi connectivity index (χ1) is 9.19. The van der Waals surface area contributed by atoms with Crippen molar-refractivity contribution in [3.05, 3.63) is 33.8 Å². The van der Waals surface area contributed by atoms with Gasteiger partial charge in [-0.25, -0.2) is 0 Å². The van der Waals surface area contributed by atoms with Crippen LogP contribution in [0.15, 0.2) is 18.2 Å². The number of benzene rings is 1. The molecule has 0 aliphatic carbocycles. The third-order valence-corrected chi connectivity index (χ3v) is 3.96. The van der Waals surface area contributed by atoms with Crippen LogP contribution in [0.3, 0.4) is 0 Å². The minimum Gasteiger partial charge on any atom is -0.271 e. The first kappa shape index (κ1) is 16.8. The SMILES string of the molecule is CCCCCCCCC(NN)c1cc(Cl)ccc1Cl. The Morgan fingerprint density at radius 3 is 2.47 bits per heavy atom. The lowest BCUT2D eigenvalue weighted by molar-refractivity contribution is 0.477. The molecule has 0 aliphatic rings. The molecule has 0 spiro atoms. The van der Waals surface area contributed by atoms with Gasteiger partial charge in [0.15, 0.2) is 0 Å². The number of hydrogen-bond acceptors (Lipinski definition) is 2. The first-order valence-electron chi connectivity index (χ1n) is 7.10. The summed E-state index contributed by atoms with van der Waals surface area (Å²) in [5, 5.41) is 1.42. The third kappa shape index (κ3) is 6.13. The number of nitrogens with two attached hydrogens (primary N) is 1. The quantitative estimate of drug-likeness (QED) is 0.371. The average Bonchev–Trinajstić information content (AvgIpc) is 2.41. The predicted molar refractivity (Wildman–Crippen MR) is 84.5 cm³/mol. The molecule has 1 rings (SSSR count). The van der Waals surface area contributed by atoms with Gasteiger partial charge < -0.3 is 0 Å². The van der Waals surface area contributed by atoms with Crippen molar-refractivity contribution < 1.29 is 0 Å². The van der Waals surface area contributed by atoms with Gasteiger partial charge in [0.1, 0.15) is 0 Å². The second kappa shape index (κ2) is 9.60. The van der Waals surface area contributed by atoms with E-state index in [0.29, 0.717) is 5.02 Å². The summed E-state index contributed by atoms with van der Waals surface area (Å²) in [7, 11) is 0. The summed E-state index contributed by atoms with van der Waals surface area (Å²) in [5.74, 6) is 5.63. The van der Waals surface area contributed by atoms with Crippen molar-refractivity contribution in [2.24, 2.45) is 5.84 Å². The molecule has 1 unspecified atom stereocenters. The molecule has 0 fully saturated rings.